The van der Waals surface area contributed by atoms with Gasteiger partial charge in [-0.3, -0.25) is 0 Å². The van der Waals surface area contributed by atoms with E-state index in [4.69, 9.17) is 17.3 Å². The molecule has 0 aromatic carbocycles. The van der Waals surface area contributed by atoms with Crippen LogP contribution in [-0.4, -0.2) is 0 Å². The Labute approximate surface area is 42.1 Å². The van der Waals surface area contributed by atoms with Gasteiger partial charge in [-0.15, -0.1) is 0 Å². The van der Waals surface area contributed by atoms with Crippen molar-refractivity contribution in [1.82, 2.24) is 0 Å². The summed E-state index contributed by atoms with van der Waals surface area (Å²) in [5, 5.41) is 0.481. The Morgan fingerprint density at radius 2 is 2.33 bits per heavy atom. The molecule has 1 nitrogen and oxygen atoms in total. The number of halogens is 1. The highest BCUT2D eigenvalue weighted by atomic mass is 35.5. The van der Waals surface area contributed by atoms with Crippen molar-refractivity contribution in [2.75, 3.05) is 0 Å². The molecule has 0 aromatic heterocycles. The molecular formula is C4H6ClN. The lowest BCUT2D eigenvalue weighted by Gasteiger charge is -1.75. The highest BCUT2D eigenvalue weighted by molar-refractivity contribution is 6.31. The molecule has 0 atom stereocenters. The van der Waals surface area contributed by atoms with Crippen LogP contribution in [-0.2, 0) is 0 Å². The van der Waals surface area contributed by atoms with Crippen LogP contribution in [0.2, 0.25) is 0 Å². The van der Waals surface area contributed by atoms with Crippen LogP contribution >= 0.6 is 11.6 Å². The molecule has 0 aliphatic rings. The maximum absolute atomic E-state index is 5.27. The van der Waals surface area contributed by atoms with E-state index in [1.807, 2.05) is 0 Å². The van der Waals surface area contributed by atoms with Crippen molar-refractivity contribution in [2.24, 2.45) is 5.73 Å². The van der Waals surface area contributed by atoms with Crippen molar-refractivity contribution < 1.29 is 0 Å². The Hall–Kier alpha value is -0.430. The average Bonchev–Trinajstić information content (AvgIpc) is 1.65. The van der Waals surface area contributed by atoms with E-state index in [1.54, 1.807) is 0 Å². The molecule has 0 radical (unpaired) electrons. The Morgan fingerprint density at radius 1 is 1.83 bits per heavy atom. The fourth-order valence-corrected chi connectivity index (χ4v) is 0.0680. The van der Waals surface area contributed by atoms with E-state index in [-0.39, 0.29) is 0 Å². The van der Waals surface area contributed by atoms with Gasteiger partial charge in [-0.1, -0.05) is 18.2 Å². The van der Waals surface area contributed by atoms with Gasteiger partial charge in [0.05, 0.1) is 5.03 Å². The zero-order valence-electron chi connectivity index (χ0n) is 3.32. The van der Waals surface area contributed by atoms with Gasteiger partial charge >= 0.3 is 0 Å². The fraction of sp³-hybridized carbons (Fsp3) is 0. The summed E-state index contributed by atoms with van der Waals surface area (Å²) in [5.74, 6) is 0. The summed E-state index contributed by atoms with van der Waals surface area (Å²) in [6.07, 6.45) is 2.76. The van der Waals surface area contributed by atoms with Crippen molar-refractivity contribution in [1.29, 1.82) is 0 Å². The molecule has 0 aliphatic heterocycles. The SMILES string of the molecule is C=C/C(Cl)=C\N. The first-order valence-corrected chi connectivity index (χ1v) is 1.89. The molecule has 0 amide bonds. The summed E-state index contributed by atoms with van der Waals surface area (Å²) in [5.41, 5.74) is 4.92. The second kappa shape index (κ2) is 2.79. The Balaban J connectivity index is 3.50. The molecule has 0 bridgehead atoms. The molecule has 2 heteroatoms. The molecule has 0 aliphatic carbocycles. The monoisotopic (exact) mass is 103 g/mol. The summed E-state index contributed by atoms with van der Waals surface area (Å²) in [6, 6.07) is 0. The van der Waals surface area contributed by atoms with Gasteiger partial charge in [-0.05, 0) is 6.08 Å². The standard InChI is InChI=1S/C4H6ClN/c1-2-4(5)3-6/h2-3H,1,6H2/b4-3+. The maximum Gasteiger partial charge on any atom is 0.0554 e. The first kappa shape index (κ1) is 5.57. The van der Waals surface area contributed by atoms with Crippen LogP contribution < -0.4 is 5.73 Å². The lowest BCUT2D eigenvalue weighted by atomic mass is 10.6. The molecule has 0 rings (SSSR count). The topological polar surface area (TPSA) is 26.0 Å². The first-order valence-electron chi connectivity index (χ1n) is 1.51. The number of allylic oxidation sites excluding steroid dienone is 2. The van der Waals surface area contributed by atoms with E-state index in [0.29, 0.717) is 5.03 Å². The van der Waals surface area contributed by atoms with Crippen LogP contribution in [0, 0.1) is 0 Å². The van der Waals surface area contributed by atoms with Gasteiger partial charge in [0.25, 0.3) is 0 Å². The van der Waals surface area contributed by atoms with Crippen molar-refractivity contribution in [2.45, 2.75) is 0 Å². The van der Waals surface area contributed by atoms with Gasteiger partial charge < -0.3 is 5.73 Å². The van der Waals surface area contributed by atoms with E-state index >= 15 is 0 Å². The smallest absolute Gasteiger partial charge is 0.0554 e. The summed E-state index contributed by atoms with van der Waals surface area (Å²) >= 11 is 5.27. The van der Waals surface area contributed by atoms with Gasteiger partial charge in [0.15, 0.2) is 0 Å². The molecule has 0 saturated heterocycles. The van der Waals surface area contributed by atoms with E-state index in [1.165, 1.54) is 12.3 Å². The summed E-state index contributed by atoms with van der Waals surface area (Å²) in [7, 11) is 0. The predicted octanol–water partition coefficient (Wildman–Crippen LogP) is 1.21. The van der Waals surface area contributed by atoms with Crippen LogP contribution in [0.1, 0.15) is 0 Å². The molecule has 34 valence electrons. The van der Waals surface area contributed by atoms with Gasteiger partial charge in [0.1, 0.15) is 0 Å². The van der Waals surface area contributed by atoms with Gasteiger partial charge in [-0.2, -0.15) is 0 Å². The highest BCUT2D eigenvalue weighted by Crippen LogP contribution is 1.95. The van der Waals surface area contributed by atoms with E-state index < -0.39 is 0 Å². The lowest BCUT2D eigenvalue weighted by molar-refractivity contribution is 1.58. The number of hydrogen-bond donors (Lipinski definition) is 1. The summed E-state index contributed by atoms with van der Waals surface area (Å²) in [4.78, 5) is 0. The molecule has 2 N–H and O–H groups in total. The third-order valence-corrected chi connectivity index (χ3v) is 0.635. The third kappa shape index (κ3) is 1.85. The normalized spacial score (nSPS) is 11.2. The minimum atomic E-state index is 0.481. The van der Waals surface area contributed by atoms with E-state index in [0.717, 1.165) is 0 Å². The molecule has 0 fully saturated rings. The van der Waals surface area contributed by atoms with Crippen molar-refractivity contribution in [3.63, 3.8) is 0 Å². The molecule has 0 saturated carbocycles. The Kier molecular flexibility index (Phi) is 2.59. The molecule has 0 heterocycles. The second-order valence-electron chi connectivity index (χ2n) is 0.756. The fourth-order valence-electron chi connectivity index (χ4n) is 0.0680. The van der Waals surface area contributed by atoms with Crippen LogP contribution in [0.3, 0.4) is 0 Å². The van der Waals surface area contributed by atoms with Crippen LogP contribution in [0.15, 0.2) is 23.9 Å². The molecular weight excluding hydrogens is 97.5 g/mol. The van der Waals surface area contributed by atoms with E-state index in [2.05, 4.69) is 6.58 Å². The first-order chi connectivity index (χ1) is 2.81. The number of hydrogen-bond acceptors (Lipinski definition) is 1. The van der Waals surface area contributed by atoms with E-state index in [9.17, 15) is 0 Å². The Morgan fingerprint density at radius 3 is 2.33 bits per heavy atom. The lowest BCUT2D eigenvalue weighted by Crippen LogP contribution is -1.76. The second-order valence-corrected chi connectivity index (χ2v) is 1.19. The number of nitrogens with two attached hydrogens (primary N) is 1. The summed E-state index contributed by atoms with van der Waals surface area (Å²) in [6.45, 7) is 3.35. The molecule has 0 unspecified atom stereocenters. The zero-order chi connectivity index (χ0) is 4.99. The maximum atomic E-state index is 5.27. The minimum absolute atomic E-state index is 0.481. The van der Waals surface area contributed by atoms with Gasteiger partial charge in [0.2, 0.25) is 0 Å². The van der Waals surface area contributed by atoms with Crippen molar-refractivity contribution >= 4 is 11.6 Å². The molecule has 0 aromatic rings. The van der Waals surface area contributed by atoms with Crippen LogP contribution in [0.4, 0.5) is 0 Å². The number of rotatable bonds is 1. The van der Waals surface area contributed by atoms with Gasteiger partial charge in [-0.25, -0.2) is 0 Å². The zero-order valence-corrected chi connectivity index (χ0v) is 4.07. The van der Waals surface area contributed by atoms with Crippen LogP contribution in [0.5, 0.6) is 0 Å². The Bertz CT molecular complexity index is 75.6. The third-order valence-electron chi connectivity index (χ3n) is 0.354. The average molecular weight is 104 g/mol. The summed E-state index contributed by atoms with van der Waals surface area (Å²) < 4.78 is 0. The highest BCUT2D eigenvalue weighted by Gasteiger charge is 1.71. The van der Waals surface area contributed by atoms with Crippen molar-refractivity contribution in [3.8, 4) is 0 Å². The largest absolute Gasteiger partial charge is 0.403 e. The quantitative estimate of drug-likeness (QED) is 0.496. The van der Waals surface area contributed by atoms with Crippen LogP contribution in [0.25, 0.3) is 0 Å². The minimum Gasteiger partial charge on any atom is -0.403 e. The van der Waals surface area contributed by atoms with Gasteiger partial charge in [0, 0.05) is 6.20 Å². The predicted molar refractivity (Wildman–Crippen MR) is 28.3 cm³/mol. The molecule has 6 heavy (non-hydrogen) atoms. The molecule has 0 spiro atoms. The van der Waals surface area contributed by atoms with Crippen molar-refractivity contribution in [3.05, 3.63) is 23.9 Å².